The molecule has 25 heavy (non-hydrogen) atoms. The first kappa shape index (κ1) is 15.8. The average Bonchev–Trinajstić information content (AvgIpc) is 2.91. The minimum Gasteiger partial charge on any atom is -0.302 e. The molecule has 0 spiro atoms. The standard InChI is InChI=1S/C22H22N2O/c1-14-11-17(22(2,3)4)12-16-13-24(21(25)19(14)16)18-9-5-7-15-8-6-10-23-20(15)18/h5-12H,13H2,1-4H3. The van der Waals surface area contributed by atoms with Crippen LogP contribution in [0.4, 0.5) is 5.69 Å². The second-order valence-electron chi connectivity index (χ2n) is 7.82. The van der Waals surface area contributed by atoms with Crippen molar-refractivity contribution in [1.82, 2.24) is 4.98 Å². The summed E-state index contributed by atoms with van der Waals surface area (Å²) < 4.78 is 0. The molecule has 0 radical (unpaired) electrons. The summed E-state index contributed by atoms with van der Waals surface area (Å²) in [5.41, 5.74) is 6.12. The van der Waals surface area contributed by atoms with E-state index in [-0.39, 0.29) is 11.3 Å². The van der Waals surface area contributed by atoms with E-state index < -0.39 is 0 Å². The maximum absolute atomic E-state index is 13.1. The SMILES string of the molecule is Cc1cc(C(C)(C)C)cc2c1C(=O)N(c1cccc3cccnc13)C2. The van der Waals surface area contributed by atoms with Crippen LogP contribution >= 0.6 is 0 Å². The van der Waals surface area contributed by atoms with Gasteiger partial charge in [-0.25, -0.2) is 0 Å². The normalized spacial score (nSPS) is 14.2. The second-order valence-corrected chi connectivity index (χ2v) is 7.82. The summed E-state index contributed by atoms with van der Waals surface area (Å²) in [6.07, 6.45) is 1.78. The lowest BCUT2D eigenvalue weighted by atomic mass is 9.84. The van der Waals surface area contributed by atoms with Crippen molar-refractivity contribution in [3.63, 3.8) is 0 Å². The Bertz CT molecular complexity index is 993. The molecule has 1 aliphatic rings. The zero-order chi connectivity index (χ0) is 17.8. The number of benzene rings is 2. The predicted octanol–water partition coefficient (Wildman–Crippen LogP) is 5.00. The summed E-state index contributed by atoms with van der Waals surface area (Å²) in [4.78, 5) is 19.5. The Kier molecular flexibility index (Phi) is 3.43. The quantitative estimate of drug-likeness (QED) is 0.629. The number of aryl methyl sites for hydroxylation is 1. The Morgan fingerprint density at radius 1 is 1.08 bits per heavy atom. The van der Waals surface area contributed by atoms with E-state index >= 15 is 0 Å². The molecule has 1 amide bonds. The number of hydrogen-bond donors (Lipinski definition) is 0. The zero-order valence-corrected chi connectivity index (χ0v) is 15.1. The van der Waals surface area contributed by atoms with E-state index in [1.54, 1.807) is 6.20 Å². The van der Waals surface area contributed by atoms with Crippen molar-refractivity contribution in [3.05, 3.63) is 70.9 Å². The van der Waals surface area contributed by atoms with Crippen LogP contribution in [-0.4, -0.2) is 10.9 Å². The first-order valence-electron chi connectivity index (χ1n) is 8.66. The summed E-state index contributed by atoms with van der Waals surface area (Å²) >= 11 is 0. The molecule has 0 aliphatic carbocycles. The van der Waals surface area contributed by atoms with Gasteiger partial charge < -0.3 is 4.90 Å². The fourth-order valence-electron chi connectivity index (χ4n) is 3.60. The largest absolute Gasteiger partial charge is 0.302 e. The number of fused-ring (bicyclic) bond motifs is 2. The molecule has 0 bridgehead atoms. The molecule has 0 atom stereocenters. The van der Waals surface area contributed by atoms with E-state index in [1.807, 2.05) is 42.2 Å². The van der Waals surface area contributed by atoms with Gasteiger partial charge in [0.05, 0.1) is 17.7 Å². The lowest BCUT2D eigenvalue weighted by Gasteiger charge is -2.20. The molecule has 126 valence electrons. The van der Waals surface area contributed by atoms with Gasteiger partial charge in [-0.3, -0.25) is 9.78 Å². The van der Waals surface area contributed by atoms with Gasteiger partial charge in [-0.05, 0) is 41.2 Å². The zero-order valence-electron chi connectivity index (χ0n) is 15.1. The summed E-state index contributed by atoms with van der Waals surface area (Å²) in [5.74, 6) is 0.0751. The topological polar surface area (TPSA) is 33.2 Å². The van der Waals surface area contributed by atoms with Crippen molar-refractivity contribution in [2.45, 2.75) is 39.7 Å². The molecule has 0 N–H and O–H groups in total. The van der Waals surface area contributed by atoms with Crippen molar-refractivity contribution in [3.8, 4) is 0 Å². The van der Waals surface area contributed by atoms with Crippen molar-refractivity contribution < 1.29 is 4.79 Å². The average molecular weight is 330 g/mol. The number of carbonyl (C=O) groups is 1. The number of para-hydroxylation sites is 1. The third-order valence-electron chi connectivity index (χ3n) is 4.97. The van der Waals surface area contributed by atoms with Crippen molar-refractivity contribution >= 4 is 22.5 Å². The Morgan fingerprint density at radius 3 is 2.60 bits per heavy atom. The molecular weight excluding hydrogens is 308 g/mol. The molecule has 2 aromatic carbocycles. The lowest BCUT2D eigenvalue weighted by molar-refractivity contribution is 0.0996. The number of amides is 1. The fraction of sp³-hybridized carbons (Fsp3) is 0.273. The Hall–Kier alpha value is -2.68. The minimum absolute atomic E-state index is 0.0667. The van der Waals surface area contributed by atoms with Crippen LogP contribution in [0.15, 0.2) is 48.7 Å². The number of aromatic nitrogens is 1. The van der Waals surface area contributed by atoms with Crippen LogP contribution < -0.4 is 4.90 Å². The number of anilines is 1. The number of carbonyl (C=O) groups excluding carboxylic acids is 1. The van der Waals surface area contributed by atoms with Gasteiger partial charge in [-0.2, -0.15) is 0 Å². The summed E-state index contributed by atoms with van der Waals surface area (Å²) in [7, 11) is 0. The van der Waals surface area contributed by atoms with Gasteiger partial charge in [-0.15, -0.1) is 0 Å². The van der Waals surface area contributed by atoms with Crippen LogP contribution in [-0.2, 0) is 12.0 Å². The molecule has 0 saturated carbocycles. The molecule has 0 saturated heterocycles. The highest BCUT2D eigenvalue weighted by molar-refractivity contribution is 6.14. The Morgan fingerprint density at radius 2 is 1.84 bits per heavy atom. The highest BCUT2D eigenvalue weighted by Gasteiger charge is 2.32. The van der Waals surface area contributed by atoms with Crippen molar-refractivity contribution in [1.29, 1.82) is 0 Å². The van der Waals surface area contributed by atoms with Gasteiger partial charge >= 0.3 is 0 Å². The van der Waals surface area contributed by atoms with Crippen molar-refractivity contribution in [2.75, 3.05) is 4.90 Å². The maximum atomic E-state index is 13.1. The minimum atomic E-state index is 0.0667. The molecule has 3 heteroatoms. The monoisotopic (exact) mass is 330 g/mol. The van der Waals surface area contributed by atoms with Crippen LogP contribution in [0.3, 0.4) is 0 Å². The molecule has 2 heterocycles. The van der Waals surface area contributed by atoms with Crippen LogP contribution in [0.5, 0.6) is 0 Å². The highest BCUT2D eigenvalue weighted by Crippen LogP contribution is 2.36. The predicted molar refractivity (Wildman–Crippen MR) is 102 cm³/mol. The van der Waals surface area contributed by atoms with Crippen LogP contribution in [0, 0.1) is 6.92 Å². The Balaban J connectivity index is 1.84. The van der Waals surface area contributed by atoms with Crippen LogP contribution in [0.1, 0.15) is 47.8 Å². The lowest BCUT2D eigenvalue weighted by Crippen LogP contribution is -2.23. The molecular formula is C22H22N2O. The molecule has 4 rings (SSSR count). The molecule has 3 nitrogen and oxygen atoms in total. The van der Waals surface area contributed by atoms with Gasteiger partial charge in [-0.1, -0.05) is 51.1 Å². The van der Waals surface area contributed by atoms with Gasteiger partial charge in [0.2, 0.25) is 0 Å². The Labute approximate surface area is 148 Å². The van der Waals surface area contributed by atoms with Crippen LogP contribution in [0.25, 0.3) is 10.9 Å². The smallest absolute Gasteiger partial charge is 0.259 e. The second kappa shape index (κ2) is 5.41. The number of pyridine rings is 1. The van der Waals surface area contributed by atoms with E-state index in [0.717, 1.165) is 33.3 Å². The van der Waals surface area contributed by atoms with Gasteiger partial charge in [0.25, 0.3) is 5.91 Å². The summed E-state index contributed by atoms with van der Waals surface area (Å²) in [5, 5.41) is 1.05. The van der Waals surface area contributed by atoms with Crippen LogP contribution in [0.2, 0.25) is 0 Å². The third kappa shape index (κ3) is 2.51. The fourth-order valence-corrected chi connectivity index (χ4v) is 3.60. The number of rotatable bonds is 1. The first-order chi connectivity index (χ1) is 11.9. The van der Waals surface area contributed by atoms with E-state index in [0.29, 0.717) is 6.54 Å². The van der Waals surface area contributed by atoms with E-state index in [2.05, 4.69) is 37.9 Å². The molecule has 1 aliphatic heterocycles. The summed E-state index contributed by atoms with van der Waals surface area (Å²) in [6, 6.07) is 14.3. The van der Waals surface area contributed by atoms with Gasteiger partial charge in [0.1, 0.15) is 0 Å². The highest BCUT2D eigenvalue weighted by atomic mass is 16.2. The van der Waals surface area contributed by atoms with Crippen molar-refractivity contribution in [2.24, 2.45) is 0 Å². The molecule has 1 aromatic heterocycles. The third-order valence-corrected chi connectivity index (χ3v) is 4.97. The molecule has 0 fully saturated rings. The van der Waals surface area contributed by atoms with E-state index in [9.17, 15) is 4.79 Å². The number of nitrogens with zero attached hydrogens (tertiary/aromatic N) is 2. The number of hydrogen-bond acceptors (Lipinski definition) is 2. The maximum Gasteiger partial charge on any atom is 0.259 e. The molecule has 3 aromatic rings. The van der Waals surface area contributed by atoms with E-state index in [4.69, 9.17) is 0 Å². The van der Waals surface area contributed by atoms with Gasteiger partial charge in [0.15, 0.2) is 0 Å². The summed E-state index contributed by atoms with van der Waals surface area (Å²) in [6.45, 7) is 9.26. The first-order valence-corrected chi connectivity index (χ1v) is 8.66. The van der Waals surface area contributed by atoms with Gasteiger partial charge in [0, 0.05) is 17.1 Å². The van der Waals surface area contributed by atoms with E-state index in [1.165, 1.54) is 5.56 Å². The molecule has 0 unspecified atom stereocenters.